The van der Waals surface area contributed by atoms with Crippen LogP contribution in [0.3, 0.4) is 0 Å². The van der Waals surface area contributed by atoms with Crippen molar-refractivity contribution in [2.24, 2.45) is 0 Å². The molecule has 1 rings (SSSR count). The number of rotatable bonds is 3. The van der Waals surface area contributed by atoms with Gasteiger partial charge in [-0.05, 0) is 18.8 Å². The molecule has 0 saturated carbocycles. The van der Waals surface area contributed by atoms with Crippen LogP contribution in [0.1, 0.15) is 0 Å². The molecular weight excluding hydrogens is 217 g/mol. The molecule has 0 bridgehead atoms. The summed E-state index contributed by atoms with van der Waals surface area (Å²) in [6.45, 7) is 2.21. The van der Waals surface area contributed by atoms with Gasteiger partial charge in [-0.3, -0.25) is 0 Å². The topological polar surface area (TPSA) is 46.2 Å². The minimum absolute atomic E-state index is 0.270. The zero-order valence-electron chi connectivity index (χ0n) is 7.82. The lowest BCUT2D eigenvalue weighted by Crippen LogP contribution is -2.23. The number of sulfonamides is 1. The smallest absolute Gasteiger partial charge is 0.207 e. The Morgan fingerprint density at radius 1 is 1.36 bits per heavy atom. The maximum absolute atomic E-state index is 11.6. The molecule has 0 amide bonds. The standard InChI is InChI=1S/C9H12NO2PS/c1-13-8-7-10-14(11,12)9-5-3-2-4-6-9/h2-6,10,13H,7H2,1H3. The largest absolute Gasteiger partial charge is 0.241 e. The van der Waals surface area contributed by atoms with E-state index in [1.807, 2.05) is 6.66 Å². The Morgan fingerprint density at radius 2 is 2.00 bits per heavy atom. The second-order valence-corrected chi connectivity index (χ2v) is 5.18. The van der Waals surface area contributed by atoms with Crippen LogP contribution in [0.5, 0.6) is 0 Å². The highest BCUT2D eigenvalue weighted by Gasteiger charge is 2.10. The van der Waals surface area contributed by atoms with E-state index >= 15 is 0 Å². The average Bonchev–Trinajstić information content (AvgIpc) is 2.19. The van der Waals surface area contributed by atoms with Crippen LogP contribution >= 0.6 is 8.04 Å². The van der Waals surface area contributed by atoms with Crippen molar-refractivity contribution in [1.82, 2.24) is 4.72 Å². The fourth-order valence-electron chi connectivity index (χ4n) is 0.902. The number of hydrogen-bond acceptors (Lipinski definition) is 2. The second-order valence-electron chi connectivity index (χ2n) is 2.56. The van der Waals surface area contributed by atoms with Crippen LogP contribution in [0.2, 0.25) is 0 Å². The molecule has 0 fully saturated rings. The Morgan fingerprint density at radius 3 is 2.57 bits per heavy atom. The van der Waals surface area contributed by atoms with Gasteiger partial charge in [0.25, 0.3) is 0 Å². The van der Waals surface area contributed by atoms with Crippen LogP contribution in [0.4, 0.5) is 0 Å². The van der Waals surface area contributed by atoms with Gasteiger partial charge >= 0.3 is 0 Å². The lowest BCUT2D eigenvalue weighted by Gasteiger charge is -2.02. The predicted octanol–water partition coefficient (Wildman–Crippen LogP) is 1.23. The van der Waals surface area contributed by atoms with Gasteiger partial charge in [0.2, 0.25) is 10.0 Å². The van der Waals surface area contributed by atoms with Crippen molar-refractivity contribution >= 4 is 18.1 Å². The molecule has 0 aliphatic carbocycles. The van der Waals surface area contributed by atoms with E-state index < -0.39 is 10.0 Å². The van der Waals surface area contributed by atoms with Crippen molar-refractivity contribution in [2.75, 3.05) is 13.2 Å². The molecule has 1 N–H and O–H groups in total. The first-order valence-electron chi connectivity index (χ1n) is 4.11. The van der Waals surface area contributed by atoms with Gasteiger partial charge in [0.15, 0.2) is 0 Å². The maximum Gasteiger partial charge on any atom is 0.241 e. The van der Waals surface area contributed by atoms with Gasteiger partial charge in [0, 0.05) is 0 Å². The minimum atomic E-state index is -3.34. The monoisotopic (exact) mass is 229 g/mol. The van der Waals surface area contributed by atoms with E-state index in [-0.39, 0.29) is 6.54 Å². The number of benzene rings is 1. The van der Waals surface area contributed by atoms with Crippen LogP contribution in [0.15, 0.2) is 35.2 Å². The molecular formula is C9H12NO2PS. The second kappa shape index (κ2) is 5.18. The van der Waals surface area contributed by atoms with Crippen molar-refractivity contribution in [3.63, 3.8) is 0 Å². The van der Waals surface area contributed by atoms with Crippen LogP contribution in [-0.4, -0.2) is 21.6 Å². The van der Waals surface area contributed by atoms with Gasteiger partial charge in [0.05, 0.1) is 11.4 Å². The molecule has 76 valence electrons. The van der Waals surface area contributed by atoms with Gasteiger partial charge in [-0.15, -0.1) is 13.7 Å². The Bertz CT molecular complexity index is 445. The third kappa shape index (κ3) is 3.17. The van der Waals surface area contributed by atoms with Crippen LogP contribution < -0.4 is 4.72 Å². The van der Waals surface area contributed by atoms with Gasteiger partial charge in [-0.25, -0.2) is 8.42 Å². The molecule has 0 aliphatic rings. The molecule has 14 heavy (non-hydrogen) atoms. The molecule has 0 saturated heterocycles. The summed E-state index contributed by atoms with van der Waals surface area (Å²) in [7, 11) is -2.82. The maximum atomic E-state index is 11.6. The van der Waals surface area contributed by atoms with Gasteiger partial charge in [0.1, 0.15) is 0 Å². The summed E-state index contributed by atoms with van der Waals surface area (Å²) in [4.78, 5) is 0.293. The molecule has 0 aromatic heterocycles. The third-order valence-electron chi connectivity index (χ3n) is 1.58. The Kier molecular flexibility index (Phi) is 4.18. The van der Waals surface area contributed by atoms with Gasteiger partial charge in [-0.2, -0.15) is 4.72 Å². The highest BCUT2D eigenvalue weighted by atomic mass is 32.2. The van der Waals surface area contributed by atoms with E-state index in [1.165, 1.54) is 0 Å². The van der Waals surface area contributed by atoms with E-state index in [4.69, 9.17) is 0 Å². The lowest BCUT2D eigenvalue weighted by atomic mass is 10.4. The molecule has 1 aromatic carbocycles. The van der Waals surface area contributed by atoms with Crippen molar-refractivity contribution in [1.29, 1.82) is 0 Å². The summed E-state index contributed by atoms with van der Waals surface area (Å²) in [6.07, 6.45) is 0. The minimum Gasteiger partial charge on any atom is -0.207 e. The Balaban J connectivity index is 2.80. The quantitative estimate of drug-likeness (QED) is 0.792. The summed E-state index contributed by atoms with van der Waals surface area (Å²) < 4.78 is 25.6. The third-order valence-corrected chi connectivity index (χ3v) is 3.53. The van der Waals surface area contributed by atoms with E-state index in [1.54, 1.807) is 30.3 Å². The fourth-order valence-corrected chi connectivity index (χ4v) is 2.24. The summed E-state index contributed by atoms with van der Waals surface area (Å²) in [6, 6.07) is 8.31. The molecule has 5 heteroatoms. The van der Waals surface area contributed by atoms with Crippen LogP contribution in [-0.2, 0) is 10.0 Å². The van der Waals surface area contributed by atoms with E-state index in [0.29, 0.717) is 12.9 Å². The zero-order chi connectivity index (χ0) is 10.4. The highest BCUT2D eigenvalue weighted by Crippen LogP contribution is 2.06. The molecule has 3 nitrogen and oxygen atoms in total. The first-order valence-corrected chi connectivity index (χ1v) is 7.09. The predicted molar refractivity (Wildman–Crippen MR) is 59.8 cm³/mol. The summed E-state index contributed by atoms with van der Waals surface area (Å²) in [5.74, 6) is 0. The van der Waals surface area contributed by atoms with E-state index in [2.05, 4.69) is 10.3 Å². The number of hydrogen-bond donors (Lipinski definition) is 1. The average molecular weight is 229 g/mol. The SMILES string of the molecule is C[PH]#CCNS(=O)(=O)c1ccccc1. The van der Waals surface area contributed by atoms with Gasteiger partial charge < -0.3 is 0 Å². The fraction of sp³-hybridized carbons (Fsp3) is 0.222. The molecule has 1 unspecified atom stereocenters. The van der Waals surface area contributed by atoms with Crippen LogP contribution in [0, 0.1) is 5.63 Å². The van der Waals surface area contributed by atoms with Crippen molar-refractivity contribution < 1.29 is 8.42 Å². The first kappa shape index (κ1) is 11.3. The highest BCUT2D eigenvalue weighted by molar-refractivity contribution is 7.89. The zero-order valence-corrected chi connectivity index (χ0v) is 9.64. The van der Waals surface area contributed by atoms with Crippen molar-refractivity contribution in [3.05, 3.63) is 30.3 Å². The molecule has 0 spiro atoms. The van der Waals surface area contributed by atoms with Crippen molar-refractivity contribution in [3.8, 4) is 5.63 Å². The summed E-state index contributed by atoms with van der Waals surface area (Å²) in [5, 5.41) is 0. The lowest BCUT2D eigenvalue weighted by molar-refractivity contribution is 0.586. The van der Waals surface area contributed by atoms with Crippen LogP contribution in [0.25, 0.3) is 0 Å². The Hall–Kier alpha value is -0.790. The molecule has 0 radical (unpaired) electrons. The van der Waals surface area contributed by atoms with E-state index in [9.17, 15) is 8.42 Å². The Labute approximate surface area is 85.7 Å². The molecule has 0 heterocycles. The normalized spacial score (nSPS) is 11.2. The number of nitrogens with one attached hydrogen (secondary N) is 1. The molecule has 0 aliphatic heterocycles. The molecule has 1 aromatic rings. The van der Waals surface area contributed by atoms with Gasteiger partial charge in [-0.1, -0.05) is 18.2 Å². The summed E-state index contributed by atoms with van der Waals surface area (Å²) >= 11 is 0. The summed E-state index contributed by atoms with van der Waals surface area (Å²) in [5.41, 5.74) is 2.91. The first-order chi connectivity index (χ1) is 6.67. The molecule has 1 atom stereocenters. The van der Waals surface area contributed by atoms with E-state index in [0.717, 1.165) is 0 Å². The van der Waals surface area contributed by atoms with Crippen molar-refractivity contribution in [2.45, 2.75) is 4.90 Å².